The van der Waals surface area contributed by atoms with Gasteiger partial charge in [-0.1, -0.05) is 103 Å². The average molecular weight is 753 g/mol. The molecule has 1 fully saturated rings. The number of carbonyl (C=O) groups excluding carboxylic acids is 1. The Morgan fingerprint density at radius 3 is 1.87 bits per heavy atom. The summed E-state index contributed by atoms with van der Waals surface area (Å²) in [4.78, 5) is 27.1. The Balaban J connectivity index is 0.000000672. The fraction of sp³-hybridized carbons (Fsp3) is 0.256. The largest absolute Gasteiger partial charge is 0.490 e. The zero-order chi connectivity index (χ0) is 38.6. The van der Waals surface area contributed by atoms with Crippen LogP contribution in [0.3, 0.4) is 0 Å². The number of ether oxygens (including phenoxy) is 2. The molecule has 55 heavy (non-hydrogen) atoms. The minimum absolute atomic E-state index is 0.0468. The maximum Gasteiger partial charge on any atom is 0.490 e. The number of halogens is 3. The highest BCUT2D eigenvalue weighted by molar-refractivity contribution is 5.89. The summed E-state index contributed by atoms with van der Waals surface area (Å²) in [5.41, 5.74) is 8.00. The van der Waals surface area contributed by atoms with Gasteiger partial charge in [0.25, 0.3) is 0 Å². The maximum absolute atomic E-state index is 13.7. The first-order valence-electron chi connectivity index (χ1n) is 18.1. The molecule has 5 aromatic rings. The molecule has 0 bridgehead atoms. The van der Waals surface area contributed by atoms with E-state index in [4.69, 9.17) is 19.4 Å². The highest BCUT2D eigenvalue weighted by Gasteiger charge is 2.38. The number of alkyl halides is 3. The van der Waals surface area contributed by atoms with E-state index in [1.54, 1.807) is 0 Å². The van der Waals surface area contributed by atoms with Crippen LogP contribution in [0.15, 0.2) is 127 Å². The van der Waals surface area contributed by atoms with E-state index >= 15 is 0 Å². The normalized spacial score (nSPS) is 14.1. The number of carboxylic acids is 1. The molecule has 0 unspecified atom stereocenters. The van der Waals surface area contributed by atoms with E-state index in [1.165, 1.54) is 22.3 Å². The van der Waals surface area contributed by atoms with Crippen LogP contribution in [-0.2, 0) is 31.0 Å². The summed E-state index contributed by atoms with van der Waals surface area (Å²) in [6, 6.07) is 43.9. The monoisotopic (exact) mass is 752 g/mol. The third kappa shape index (κ3) is 11.3. The lowest BCUT2D eigenvalue weighted by Crippen LogP contribution is -2.48. The standard InChI is InChI=1S/C41H42N4O3.C2HF3O2/c46-41(43-37-9-5-2-6-10-37)45(38-21-23-44(24-22-38)28-32-7-3-1-4-8-32)29-33-13-18-36(19-14-33)35-16-11-31(12-17-35)26-42-27-34-15-20-39-40(25-34)48-30-47-39;3-2(4,5)1(6)7/h1-20,25,38,42H,21-24,26-30H2,(H,43,46);(H,6,7). The smallest absolute Gasteiger partial charge is 0.475 e. The number of anilines is 1. The van der Waals surface area contributed by atoms with Gasteiger partial charge in [-0.2, -0.15) is 13.2 Å². The van der Waals surface area contributed by atoms with Crippen LogP contribution in [0, 0.1) is 0 Å². The zero-order valence-electron chi connectivity index (χ0n) is 30.2. The van der Waals surface area contributed by atoms with E-state index in [9.17, 15) is 18.0 Å². The van der Waals surface area contributed by atoms with Crippen molar-refractivity contribution in [1.82, 2.24) is 15.1 Å². The van der Waals surface area contributed by atoms with Crippen LogP contribution in [0.4, 0.5) is 23.7 Å². The number of carbonyl (C=O) groups is 2. The highest BCUT2D eigenvalue weighted by Crippen LogP contribution is 2.32. The van der Waals surface area contributed by atoms with Crippen molar-refractivity contribution in [3.63, 3.8) is 0 Å². The molecule has 3 N–H and O–H groups in total. The lowest BCUT2D eigenvalue weighted by Gasteiger charge is -2.38. The van der Waals surface area contributed by atoms with Gasteiger partial charge in [0.2, 0.25) is 6.79 Å². The molecule has 0 radical (unpaired) electrons. The van der Waals surface area contributed by atoms with Crippen LogP contribution in [0.2, 0.25) is 0 Å². The highest BCUT2D eigenvalue weighted by atomic mass is 19.4. The van der Waals surface area contributed by atoms with Crippen molar-refractivity contribution in [3.05, 3.63) is 150 Å². The molecule has 2 aliphatic heterocycles. The molecule has 2 heterocycles. The Morgan fingerprint density at radius 2 is 1.25 bits per heavy atom. The fourth-order valence-electron chi connectivity index (χ4n) is 6.53. The van der Waals surface area contributed by atoms with Crippen LogP contribution in [0.5, 0.6) is 11.5 Å². The quantitative estimate of drug-likeness (QED) is 0.124. The number of nitrogens with one attached hydrogen (secondary N) is 2. The van der Waals surface area contributed by atoms with E-state index in [1.807, 2.05) is 47.4 Å². The summed E-state index contributed by atoms with van der Waals surface area (Å²) in [6.45, 7) is 5.28. The van der Waals surface area contributed by atoms with E-state index in [2.05, 4.69) is 100 Å². The first-order valence-corrected chi connectivity index (χ1v) is 18.1. The number of urea groups is 1. The van der Waals surface area contributed by atoms with Crippen LogP contribution >= 0.6 is 0 Å². The van der Waals surface area contributed by atoms with Gasteiger partial charge in [0.15, 0.2) is 11.5 Å². The van der Waals surface area contributed by atoms with E-state index in [0.717, 1.165) is 73.9 Å². The topological polar surface area (TPSA) is 103 Å². The zero-order valence-corrected chi connectivity index (χ0v) is 30.2. The van der Waals surface area contributed by atoms with E-state index < -0.39 is 12.1 Å². The summed E-state index contributed by atoms with van der Waals surface area (Å²) >= 11 is 0. The Morgan fingerprint density at radius 1 is 0.709 bits per heavy atom. The van der Waals surface area contributed by atoms with Gasteiger partial charge in [0.05, 0.1) is 0 Å². The van der Waals surface area contributed by atoms with Gasteiger partial charge >= 0.3 is 18.2 Å². The molecule has 2 amide bonds. The number of hydrogen-bond donors (Lipinski definition) is 3. The number of carboxylic acid groups (broad SMARTS) is 1. The molecular weight excluding hydrogens is 709 g/mol. The van der Waals surface area contributed by atoms with E-state index in [0.29, 0.717) is 13.3 Å². The molecule has 286 valence electrons. The number of likely N-dealkylation sites (tertiary alicyclic amines) is 1. The van der Waals surface area contributed by atoms with Gasteiger partial charge in [-0.15, -0.1) is 0 Å². The SMILES string of the molecule is O=C(Nc1ccccc1)N(Cc1ccc(-c2ccc(CNCc3ccc4c(c3)OCO4)cc2)cc1)C1CCN(Cc2ccccc2)CC1.O=C(O)C(F)(F)F. The Kier molecular flexibility index (Phi) is 13.0. The molecule has 0 aromatic heterocycles. The summed E-state index contributed by atoms with van der Waals surface area (Å²) in [6.07, 6.45) is -3.18. The Hall–Kier alpha value is -5.85. The number of para-hydroxylation sites is 1. The van der Waals surface area contributed by atoms with E-state index in [-0.39, 0.29) is 12.1 Å². The van der Waals surface area contributed by atoms with Crippen LogP contribution < -0.4 is 20.1 Å². The second-order valence-corrected chi connectivity index (χ2v) is 13.4. The summed E-state index contributed by atoms with van der Waals surface area (Å²) in [5, 5.41) is 13.8. The van der Waals surface area contributed by atoms with Crippen LogP contribution in [0.25, 0.3) is 11.1 Å². The maximum atomic E-state index is 13.7. The summed E-state index contributed by atoms with van der Waals surface area (Å²) in [7, 11) is 0. The minimum Gasteiger partial charge on any atom is -0.475 e. The van der Waals surface area contributed by atoms with Gasteiger partial charge in [-0.05, 0) is 70.5 Å². The number of rotatable bonds is 11. The lowest BCUT2D eigenvalue weighted by atomic mass is 10.00. The molecular formula is C43H43F3N4O5. The second kappa shape index (κ2) is 18.5. The average Bonchev–Trinajstić information content (AvgIpc) is 3.67. The van der Waals surface area contributed by atoms with Crippen molar-refractivity contribution in [2.75, 3.05) is 25.2 Å². The predicted molar refractivity (Wildman–Crippen MR) is 204 cm³/mol. The number of amides is 2. The van der Waals surface area contributed by atoms with Gasteiger partial charge in [0, 0.05) is 51.0 Å². The first kappa shape index (κ1) is 38.9. The third-order valence-electron chi connectivity index (χ3n) is 9.46. The number of nitrogens with zero attached hydrogens (tertiary/aromatic N) is 2. The molecule has 7 rings (SSSR count). The van der Waals surface area contributed by atoms with Gasteiger partial charge in [0.1, 0.15) is 0 Å². The van der Waals surface area contributed by atoms with Crippen molar-refractivity contribution in [2.45, 2.75) is 51.2 Å². The van der Waals surface area contributed by atoms with Gasteiger partial charge < -0.3 is 30.1 Å². The fourth-order valence-corrected chi connectivity index (χ4v) is 6.53. The van der Waals surface area contributed by atoms with Crippen molar-refractivity contribution < 1.29 is 37.3 Å². The number of aliphatic carboxylic acids is 1. The number of piperidine rings is 1. The van der Waals surface area contributed by atoms with Gasteiger partial charge in [-0.3, -0.25) is 4.90 Å². The molecule has 0 spiro atoms. The Bertz CT molecular complexity index is 1990. The first-order chi connectivity index (χ1) is 26.6. The second-order valence-electron chi connectivity index (χ2n) is 13.4. The van der Waals surface area contributed by atoms with Crippen molar-refractivity contribution in [1.29, 1.82) is 0 Å². The molecule has 0 saturated carbocycles. The predicted octanol–water partition coefficient (Wildman–Crippen LogP) is 8.70. The molecule has 1 saturated heterocycles. The number of fused-ring (bicyclic) bond motifs is 1. The van der Waals surface area contributed by atoms with Crippen molar-refractivity contribution >= 4 is 17.7 Å². The molecule has 0 atom stereocenters. The molecule has 5 aromatic carbocycles. The van der Waals surface area contributed by atoms with Crippen LogP contribution in [0.1, 0.15) is 35.1 Å². The van der Waals surface area contributed by atoms with Crippen molar-refractivity contribution in [2.24, 2.45) is 0 Å². The van der Waals surface area contributed by atoms with Crippen LogP contribution in [-0.4, -0.2) is 59.0 Å². The number of benzene rings is 5. The summed E-state index contributed by atoms with van der Waals surface area (Å²) in [5.74, 6) is -1.14. The molecule has 9 nitrogen and oxygen atoms in total. The molecule has 0 aliphatic carbocycles. The Labute approximate surface area is 318 Å². The summed E-state index contributed by atoms with van der Waals surface area (Å²) < 4.78 is 42.6. The van der Waals surface area contributed by atoms with Gasteiger partial charge in [-0.25, -0.2) is 9.59 Å². The lowest BCUT2D eigenvalue weighted by molar-refractivity contribution is -0.192. The van der Waals surface area contributed by atoms with Crippen molar-refractivity contribution in [3.8, 4) is 22.6 Å². The number of hydrogen-bond acceptors (Lipinski definition) is 6. The minimum atomic E-state index is -5.08. The molecule has 2 aliphatic rings. The molecule has 12 heteroatoms. The third-order valence-corrected chi connectivity index (χ3v) is 9.46.